The van der Waals surface area contributed by atoms with E-state index in [-0.39, 0.29) is 6.10 Å². The maximum atomic E-state index is 10.8. The molecule has 1 N–H and O–H groups in total. The first-order valence-corrected chi connectivity index (χ1v) is 11.3. The fourth-order valence-electron chi connectivity index (χ4n) is 5.86. The molecule has 5 rings (SSSR count). The molecular weight excluding hydrogens is 382 g/mol. The van der Waals surface area contributed by atoms with E-state index >= 15 is 0 Å². The molecule has 3 aromatic carbocycles. The van der Waals surface area contributed by atoms with Crippen molar-refractivity contribution in [2.45, 2.75) is 56.3 Å². The van der Waals surface area contributed by atoms with Gasteiger partial charge in [-0.25, -0.2) is 0 Å². The lowest BCUT2D eigenvalue weighted by Gasteiger charge is -2.38. The molecule has 0 radical (unpaired) electrons. The molecule has 2 bridgehead atoms. The Morgan fingerprint density at radius 2 is 1.35 bits per heavy atom. The summed E-state index contributed by atoms with van der Waals surface area (Å²) in [6.07, 6.45) is 1.41. The standard InChI is InChI=1S/C28H31NO2/c1-19-8-10-21(11-9-19)27-25-16-23(30)17-26(29(25)18-20-6-4-3-5-7-20)28(27)22-12-14-24(31-2)15-13-22/h3-15,23,25-28,30H,16-18H2,1-2H3/t23-,25-,26+,27-,28+/m1/s1. The summed E-state index contributed by atoms with van der Waals surface area (Å²) in [5, 5.41) is 10.8. The van der Waals surface area contributed by atoms with E-state index < -0.39 is 0 Å². The molecule has 0 spiro atoms. The topological polar surface area (TPSA) is 32.7 Å². The lowest BCUT2D eigenvalue weighted by atomic mass is 9.78. The van der Waals surface area contributed by atoms with E-state index in [2.05, 4.69) is 90.7 Å². The normalized spacial score (nSPS) is 27.9. The van der Waals surface area contributed by atoms with Crippen LogP contribution in [0.15, 0.2) is 78.9 Å². The van der Waals surface area contributed by atoms with Gasteiger partial charge >= 0.3 is 0 Å². The van der Waals surface area contributed by atoms with Gasteiger partial charge in [-0.3, -0.25) is 4.90 Å². The van der Waals surface area contributed by atoms with Crippen molar-refractivity contribution in [3.8, 4) is 5.75 Å². The summed E-state index contributed by atoms with van der Waals surface area (Å²) < 4.78 is 5.41. The van der Waals surface area contributed by atoms with Crippen LogP contribution in [0, 0.1) is 6.92 Å². The van der Waals surface area contributed by atoms with Crippen molar-refractivity contribution in [2.24, 2.45) is 0 Å². The van der Waals surface area contributed by atoms with Gasteiger partial charge in [0.25, 0.3) is 0 Å². The third-order valence-corrected chi connectivity index (χ3v) is 7.27. The van der Waals surface area contributed by atoms with Crippen molar-refractivity contribution in [1.29, 1.82) is 0 Å². The molecule has 2 aliphatic heterocycles. The van der Waals surface area contributed by atoms with Crippen LogP contribution in [0.5, 0.6) is 5.75 Å². The van der Waals surface area contributed by atoms with Crippen LogP contribution < -0.4 is 4.74 Å². The highest BCUT2D eigenvalue weighted by atomic mass is 16.5. The quantitative estimate of drug-likeness (QED) is 0.618. The molecule has 160 valence electrons. The van der Waals surface area contributed by atoms with Crippen molar-refractivity contribution >= 4 is 0 Å². The molecule has 5 atom stereocenters. The van der Waals surface area contributed by atoms with Gasteiger partial charge in [-0.2, -0.15) is 0 Å². The zero-order valence-corrected chi connectivity index (χ0v) is 18.3. The Hall–Kier alpha value is -2.62. The lowest BCUT2D eigenvalue weighted by molar-refractivity contribution is 0.0269. The number of nitrogens with zero attached hydrogens (tertiary/aromatic N) is 1. The van der Waals surface area contributed by atoms with Gasteiger partial charge in [0.05, 0.1) is 13.2 Å². The zero-order chi connectivity index (χ0) is 21.4. The Labute approximate surface area is 185 Å². The number of hydrogen-bond acceptors (Lipinski definition) is 3. The van der Waals surface area contributed by atoms with Crippen LogP contribution in [0.3, 0.4) is 0 Å². The van der Waals surface area contributed by atoms with Crippen LogP contribution in [0.4, 0.5) is 0 Å². The number of aliphatic hydroxyl groups is 1. The fourth-order valence-corrected chi connectivity index (χ4v) is 5.86. The summed E-state index contributed by atoms with van der Waals surface area (Å²) >= 11 is 0. The van der Waals surface area contributed by atoms with Crippen LogP contribution in [0.1, 0.15) is 46.9 Å². The molecule has 2 saturated heterocycles. The van der Waals surface area contributed by atoms with Gasteiger partial charge in [0.1, 0.15) is 5.75 Å². The first-order chi connectivity index (χ1) is 15.1. The Kier molecular flexibility index (Phi) is 5.56. The van der Waals surface area contributed by atoms with Gasteiger partial charge in [0.2, 0.25) is 0 Å². The molecule has 0 aliphatic carbocycles. The highest BCUT2D eigenvalue weighted by Gasteiger charge is 2.53. The maximum Gasteiger partial charge on any atom is 0.118 e. The van der Waals surface area contributed by atoms with Crippen LogP contribution in [-0.4, -0.2) is 35.3 Å². The fraction of sp³-hybridized carbons (Fsp3) is 0.357. The average Bonchev–Trinajstić information content (AvgIpc) is 2.97. The summed E-state index contributed by atoms with van der Waals surface area (Å²) in [4.78, 5) is 2.67. The largest absolute Gasteiger partial charge is 0.497 e. The van der Waals surface area contributed by atoms with Crippen molar-refractivity contribution < 1.29 is 9.84 Å². The molecule has 31 heavy (non-hydrogen) atoms. The van der Waals surface area contributed by atoms with Gasteiger partial charge in [0, 0.05) is 30.5 Å². The van der Waals surface area contributed by atoms with E-state index in [1.54, 1.807) is 7.11 Å². The highest BCUT2D eigenvalue weighted by Crippen LogP contribution is 2.54. The second-order valence-corrected chi connectivity index (χ2v) is 9.15. The molecule has 0 aromatic heterocycles. The van der Waals surface area contributed by atoms with Crippen molar-refractivity contribution in [3.63, 3.8) is 0 Å². The van der Waals surface area contributed by atoms with Crippen LogP contribution in [0.2, 0.25) is 0 Å². The van der Waals surface area contributed by atoms with E-state index in [9.17, 15) is 5.11 Å². The molecule has 0 saturated carbocycles. The van der Waals surface area contributed by atoms with Crippen LogP contribution >= 0.6 is 0 Å². The highest BCUT2D eigenvalue weighted by molar-refractivity contribution is 5.39. The molecule has 3 heteroatoms. The number of benzene rings is 3. The van der Waals surface area contributed by atoms with Gasteiger partial charge in [-0.05, 0) is 48.6 Å². The number of aryl methyl sites for hydroxylation is 1. The van der Waals surface area contributed by atoms with E-state index in [1.165, 1.54) is 22.3 Å². The maximum absolute atomic E-state index is 10.8. The SMILES string of the molecule is COc1ccc([C@@H]2[C@H](c3ccc(C)cc3)[C@H]3C[C@@H](O)C[C@@H]2N3Cc2ccccc2)cc1. The Morgan fingerprint density at radius 3 is 1.90 bits per heavy atom. The third-order valence-electron chi connectivity index (χ3n) is 7.27. The molecule has 2 fully saturated rings. The Balaban J connectivity index is 1.58. The predicted octanol–water partition coefficient (Wildman–Crippen LogP) is 5.28. The molecular formula is C28H31NO2. The minimum atomic E-state index is -0.238. The van der Waals surface area contributed by atoms with Gasteiger partial charge in [-0.1, -0.05) is 72.3 Å². The van der Waals surface area contributed by atoms with Gasteiger partial charge < -0.3 is 9.84 Å². The van der Waals surface area contributed by atoms with E-state index in [4.69, 9.17) is 4.74 Å². The Bertz CT molecular complexity index is 999. The minimum Gasteiger partial charge on any atom is -0.497 e. The molecule has 3 aromatic rings. The number of rotatable bonds is 5. The molecule has 3 nitrogen and oxygen atoms in total. The van der Waals surface area contributed by atoms with E-state index in [0.717, 1.165) is 25.1 Å². The Morgan fingerprint density at radius 1 is 0.806 bits per heavy atom. The number of piperidine rings is 1. The van der Waals surface area contributed by atoms with Crippen LogP contribution in [0.25, 0.3) is 0 Å². The number of hydrogen-bond donors (Lipinski definition) is 1. The van der Waals surface area contributed by atoms with Crippen molar-refractivity contribution in [3.05, 3.63) is 101 Å². The minimum absolute atomic E-state index is 0.238. The van der Waals surface area contributed by atoms with Crippen molar-refractivity contribution in [1.82, 2.24) is 4.90 Å². The monoisotopic (exact) mass is 413 g/mol. The van der Waals surface area contributed by atoms with Gasteiger partial charge in [-0.15, -0.1) is 0 Å². The predicted molar refractivity (Wildman–Crippen MR) is 124 cm³/mol. The molecule has 0 unspecified atom stereocenters. The summed E-state index contributed by atoms with van der Waals surface area (Å²) in [6, 6.07) is 29.0. The molecule has 2 heterocycles. The first kappa shape index (κ1) is 20.3. The number of fused-ring (bicyclic) bond motifs is 2. The second kappa shape index (κ2) is 8.49. The van der Waals surface area contributed by atoms with Crippen molar-refractivity contribution in [2.75, 3.05) is 7.11 Å². The number of ether oxygens (including phenoxy) is 1. The second-order valence-electron chi connectivity index (χ2n) is 9.15. The van der Waals surface area contributed by atoms with E-state index in [0.29, 0.717) is 23.9 Å². The van der Waals surface area contributed by atoms with Crippen LogP contribution in [-0.2, 0) is 6.54 Å². The summed E-state index contributed by atoms with van der Waals surface area (Å²) in [5.41, 5.74) is 5.34. The number of aliphatic hydroxyl groups excluding tert-OH is 1. The molecule has 0 amide bonds. The molecule has 2 aliphatic rings. The summed E-state index contributed by atoms with van der Waals surface area (Å²) in [6.45, 7) is 3.07. The summed E-state index contributed by atoms with van der Waals surface area (Å²) in [7, 11) is 1.71. The van der Waals surface area contributed by atoms with Gasteiger partial charge in [0.15, 0.2) is 0 Å². The third kappa shape index (κ3) is 3.88. The lowest BCUT2D eigenvalue weighted by Crippen LogP contribution is -2.45. The first-order valence-electron chi connectivity index (χ1n) is 11.3. The average molecular weight is 414 g/mol. The number of methoxy groups -OCH3 is 1. The van der Waals surface area contributed by atoms with E-state index in [1.807, 2.05) is 0 Å². The zero-order valence-electron chi connectivity index (χ0n) is 18.3. The smallest absolute Gasteiger partial charge is 0.118 e. The summed E-state index contributed by atoms with van der Waals surface area (Å²) in [5.74, 6) is 1.59.